The highest BCUT2D eigenvalue weighted by atomic mass is 32.2. The van der Waals surface area contributed by atoms with Gasteiger partial charge in [0.2, 0.25) is 5.91 Å². The lowest BCUT2D eigenvalue weighted by molar-refractivity contribution is -0.113. The van der Waals surface area contributed by atoms with Crippen molar-refractivity contribution >= 4 is 46.0 Å². The van der Waals surface area contributed by atoms with Crippen molar-refractivity contribution in [3.8, 4) is 0 Å². The highest BCUT2D eigenvalue weighted by molar-refractivity contribution is 8.00. The van der Waals surface area contributed by atoms with Crippen molar-refractivity contribution < 1.29 is 18.7 Å². The largest absolute Gasteiger partial charge is 0.444 e. The van der Waals surface area contributed by atoms with Gasteiger partial charge < -0.3 is 19.9 Å². The summed E-state index contributed by atoms with van der Waals surface area (Å²) >= 11 is 1.47. The fraction of sp³-hybridized carbons (Fsp3) is 0.320. The third-order valence-electron chi connectivity index (χ3n) is 6.75. The van der Waals surface area contributed by atoms with E-state index >= 15 is 0 Å². The first-order chi connectivity index (χ1) is 17.0. The number of rotatable bonds is 6. The average molecular weight is 495 g/mol. The molecule has 2 atom stereocenters. The summed E-state index contributed by atoms with van der Waals surface area (Å²) in [6.45, 7) is 1.52. The number of thioether (sulfide) groups is 1. The van der Waals surface area contributed by atoms with Crippen LogP contribution < -0.4 is 21.1 Å². The number of halogens is 1. The normalized spacial score (nSPS) is 20.8. The van der Waals surface area contributed by atoms with E-state index in [0.717, 1.165) is 10.3 Å². The SMILES string of the molecule is O=C1CSc2ccc(N3C[C@@H](CCNC[C@H]4Cc5c(F)ccc6ccc(=O)n4c56)OC3=O)cc2N1. The molecule has 2 aromatic carbocycles. The lowest BCUT2D eigenvalue weighted by atomic mass is 10.1. The summed E-state index contributed by atoms with van der Waals surface area (Å²) in [4.78, 5) is 39.2. The zero-order chi connectivity index (χ0) is 24.1. The molecule has 1 saturated heterocycles. The number of anilines is 2. The van der Waals surface area contributed by atoms with E-state index in [1.165, 1.54) is 23.9 Å². The number of hydrogen-bond donors (Lipinski definition) is 2. The van der Waals surface area contributed by atoms with E-state index in [4.69, 9.17) is 4.74 Å². The van der Waals surface area contributed by atoms with Crippen molar-refractivity contribution in [2.75, 3.05) is 35.6 Å². The molecule has 4 heterocycles. The Kier molecular flexibility index (Phi) is 5.49. The number of benzene rings is 2. The molecular formula is C25H23FN4O4S. The molecule has 180 valence electrons. The van der Waals surface area contributed by atoms with Crippen LogP contribution in [0.15, 0.2) is 52.2 Å². The van der Waals surface area contributed by atoms with Gasteiger partial charge in [0.25, 0.3) is 5.56 Å². The van der Waals surface area contributed by atoms with Crippen LogP contribution in [-0.4, -0.2) is 48.1 Å². The number of carbonyl (C=O) groups excluding carboxylic acids is 2. The minimum Gasteiger partial charge on any atom is -0.444 e. The number of fused-ring (bicyclic) bond motifs is 1. The first kappa shape index (κ1) is 22.1. The number of carbonyl (C=O) groups is 2. The maximum atomic E-state index is 14.4. The smallest absolute Gasteiger partial charge is 0.414 e. The van der Waals surface area contributed by atoms with E-state index < -0.39 is 6.09 Å². The van der Waals surface area contributed by atoms with Crippen LogP contribution in [0.4, 0.5) is 20.6 Å². The van der Waals surface area contributed by atoms with E-state index in [1.807, 2.05) is 12.1 Å². The molecule has 3 aliphatic rings. The average Bonchev–Trinajstić information content (AvgIpc) is 3.42. The molecule has 3 aromatic rings. The van der Waals surface area contributed by atoms with Crippen molar-refractivity contribution in [3.63, 3.8) is 0 Å². The number of nitrogens with zero attached hydrogens (tertiary/aromatic N) is 2. The van der Waals surface area contributed by atoms with Gasteiger partial charge in [-0.3, -0.25) is 14.5 Å². The van der Waals surface area contributed by atoms with Gasteiger partial charge >= 0.3 is 6.09 Å². The Morgan fingerprint density at radius 2 is 2.00 bits per heavy atom. The van der Waals surface area contributed by atoms with Crippen molar-refractivity contribution in [2.45, 2.75) is 29.9 Å². The molecule has 0 bridgehead atoms. The summed E-state index contributed by atoms with van der Waals surface area (Å²) < 4.78 is 21.6. The third-order valence-corrected chi connectivity index (χ3v) is 7.82. The van der Waals surface area contributed by atoms with Crippen LogP contribution in [-0.2, 0) is 16.0 Å². The van der Waals surface area contributed by atoms with Gasteiger partial charge in [0.05, 0.1) is 29.5 Å². The van der Waals surface area contributed by atoms with Crippen molar-refractivity contribution in [2.24, 2.45) is 0 Å². The molecule has 10 heteroatoms. The molecule has 0 aliphatic carbocycles. The Morgan fingerprint density at radius 1 is 1.14 bits per heavy atom. The minimum absolute atomic E-state index is 0.0563. The molecule has 35 heavy (non-hydrogen) atoms. The van der Waals surface area contributed by atoms with Crippen LogP contribution in [0.3, 0.4) is 0 Å². The minimum atomic E-state index is -0.412. The molecule has 0 saturated carbocycles. The van der Waals surface area contributed by atoms with Crippen molar-refractivity contribution in [1.82, 2.24) is 9.88 Å². The Bertz CT molecular complexity index is 1420. The number of aromatic nitrogens is 1. The van der Waals surface area contributed by atoms with Gasteiger partial charge in [0.1, 0.15) is 11.9 Å². The highest BCUT2D eigenvalue weighted by Crippen LogP contribution is 2.36. The van der Waals surface area contributed by atoms with Crippen molar-refractivity contribution in [1.29, 1.82) is 0 Å². The molecule has 2 amide bonds. The summed E-state index contributed by atoms with van der Waals surface area (Å²) in [5.74, 6) is 0.0515. The van der Waals surface area contributed by atoms with Crippen LogP contribution in [0.1, 0.15) is 18.0 Å². The molecule has 1 fully saturated rings. The van der Waals surface area contributed by atoms with Crippen LogP contribution in [0.5, 0.6) is 0 Å². The molecule has 8 nitrogen and oxygen atoms in total. The summed E-state index contributed by atoms with van der Waals surface area (Å²) in [5.41, 5.74) is 2.54. The van der Waals surface area contributed by atoms with Gasteiger partial charge in [-0.15, -0.1) is 11.8 Å². The number of ether oxygens (including phenoxy) is 1. The first-order valence-corrected chi connectivity index (χ1v) is 12.5. The fourth-order valence-electron chi connectivity index (χ4n) is 5.10. The monoisotopic (exact) mass is 494 g/mol. The molecule has 1 aromatic heterocycles. The molecule has 2 N–H and O–H groups in total. The summed E-state index contributed by atoms with van der Waals surface area (Å²) in [6.07, 6.45) is 0.380. The van der Waals surface area contributed by atoms with Gasteiger partial charge in [0.15, 0.2) is 0 Å². The topological polar surface area (TPSA) is 92.7 Å². The van der Waals surface area contributed by atoms with Gasteiger partial charge in [-0.25, -0.2) is 9.18 Å². The summed E-state index contributed by atoms with van der Waals surface area (Å²) in [7, 11) is 0. The Balaban J connectivity index is 1.06. The van der Waals surface area contributed by atoms with Gasteiger partial charge in [0, 0.05) is 28.8 Å². The van der Waals surface area contributed by atoms with Gasteiger partial charge in [-0.1, -0.05) is 0 Å². The predicted molar refractivity (Wildman–Crippen MR) is 132 cm³/mol. The quantitative estimate of drug-likeness (QED) is 0.511. The van der Waals surface area contributed by atoms with Crippen molar-refractivity contribution in [3.05, 3.63) is 64.2 Å². The lowest BCUT2D eigenvalue weighted by Gasteiger charge is -2.20. The van der Waals surface area contributed by atoms with Gasteiger partial charge in [-0.2, -0.15) is 0 Å². The maximum absolute atomic E-state index is 14.4. The highest BCUT2D eigenvalue weighted by Gasteiger charge is 2.33. The zero-order valence-corrected chi connectivity index (χ0v) is 19.6. The predicted octanol–water partition coefficient (Wildman–Crippen LogP) is 3.29. The number of hydrogen-bond acceptors (Lipinski definition) is 6. The summed E-state index contributed by atoms with van der Waals surface area (Å²) in [5, 5.41) is 7.06. The molecule has 0 unspecified atom stereocenters. The van der Waals surface area contributed by atoms with E-state index in [9.17, 15) is 18.8 Å². The Morgan fingerprint density at radius 3 is 2.89 bits per heavy atom. The standard InChI is InChI=1S/C25H23FN4O4S/c26-19-4-1-14-2-6-23(32)30-16(9-18(19)24(14)30)11-27-8-7-17-12-29(25(33)34-17)15-3-5-21-20(10-15)28-22(31)13-35-21/h1-6,10,16-17,27H,7-9,11-13H2,(H,28,31)/t16-,17-/m1/s1. The fourth-order valence-corrected chi connectivity index (χ4v) is 5.89. The van der Waals surface area contributed by atoms with E-state index in [-0.39, 0.29) is 29.4 Å². The first-order valence-electron chi connectivity index (χ1n) is 11.6. The van der Waals surface area contributed by atoms with Crippen LogP contribution in [0, 0.1) is 5.82 Å². The number of nitrogens with one attached hydrogen (secondary N) is 2. The second-order valence-electron chi connectivity index (χ2n) is 8.99. The van der Waals surface area contributed by atoms with Crippen LogP contribution in [0.25, 0.3) is 10.9 Å². The lowest BCUT2D eigenvalue weighted by Crippen LogP contribution is -2.32. The van der Waals surface area contributed by atoms with Crippen LogP contribution in [0.2, 0.25) is 0 Å². The number of cyclic esters (lactones) is 1. The number of pyridine rings is 1. The van der Waals surface area contributed by atoms with E-state index in [2.05, 4.69) is 10.6 Å². The summed E-state index contributed by atoms with van der Waals surface area (Å²) in [6, 6.07) is 11.8. The second kappa shape index (κ2) is 8.69. The molecular weight excluding hydrogens is 471 g/mol. The molecule has 3 aliphatic heterocycles. The third kappa shape index (κ3) is 3.96. The van der Waals surface area contributed by atoms with Gasteiger partial charge in [-0.05, 0) is 61.2 Å². The molecule has 6 rings (SSSR count). The Labute approximate surface area is 204 Å². The zero-order valence-electron chi connectivity index (χ0n) is 18.8. The molecule has 0 radical (unpaired) electrons. The Hall–Kier alpha value is -3.37. The number of amides is 2. The van der Waals surface area contributed by atoms with E-state index in [0.29, 0.717) is 60.7 Å². The maximum Gasteiger partial charge on any atom is 0.414 e. The van der Waals surface area contributed by atoms with E-state index in [1.54, 1.807) is 27.7 Å². The second-order valence-corrected chi connectivity index (χ2v) is 10.0. The van der Waals surface area contributed by atoms with Crippen LogP contribution >= 0.6 is 11.8 Å². The molecule has 0 spiro atoms.